The first-order valence-corrected chi connectivity index (χ1v) is 7.77. The lowest BCUT2D eigenvalue weighted by atomic mass is 10.1. The third-order valence-corrected chi connectivity index (χ3v) is 3.49. The molecule has 0 aromatic rings. The summed E-state index contributed by atoms with van der Waals surface area (Å²) in [5, 5.41) is 0.958. The van der Waals surface area contributed by atoms with E-state index in [0.717, 1.165) is 11.9 Å². The van der Waals surface area contributed by atoms with Crippen LogP contribution in [0.25, 0.3) is 0 Å². The summed E-state index contributed by atoms with van der Waals surface area (Å²) in [5.41, 5.74) is 0. The van der Waals surface area contributed by atoms with Crippen molar-refractivity contribution in [3.05, 3.63) is 0 Å². The summed E-state index contributed by atoms with van der Waals surface area (Å²) in [6.07, 6.45) is 5.10. The maximum atomic E-state index is 5.71. The Morgan fingerprint density at radius 1 is 1.43 bits per heavy atom. The molecule has 1 rings (SSSR count). The maximum Gasteiger partial charge on any atom is 0.0599 e. The summed E-state index contributed by atoms with van der Waals surface area (Å²) >= 11 is 5.31. The number of halogens is 1. The van der Waals surface area contributed by atoms with Crippen LogP contribution in [0.3, 0.4) is 0 Å². The highest BCUT2D eigenvalue weighted by atomic mass is 79.9. The van der Waals surface area contributed by atoms with Gasteiger partial charge in [-0.15, -0.1) is 0 Å². The Morgan fingerprint density at radius 3 is 2.71 bits per heavy atom. The zero-order chi connectivity index (χ0) is 10.2. The molecule has 0 radical (unpaired) electrons. The second-order valence-corrected chi connectivity index (χ2v) is 5.37. The van der Waals surface area contributed by atoms with E-state index in [9.17, 15) is 0 Å². The Morgan fingerprint density at radius 2 is 2.14 bits per heavy atom. The molecule has 4 heteroatoms. The molecule has 0 amide bonds. The van der Waals surface area contributed by atoms with Gasteiger partial charge in [-0.2, -0.15) is 11.8 Å². The van der Waals surface area contributed by atoms with Crippen LogP contribution in [0.5, 0.6) is 0 Å². The molecule has 0 unspecified atom stereocenters. The molecule has 0 saturated carbocycles. The number of thioether (sulfide) groups is 1. The van der Waals surface area contributed by atoms with Crippen LogP contribution >= 0.6 is 27.7 Å². The van der Waals surface area contributed by atoms with Gasteiger partial charge in [0.1, 0.15) is 0 Å². The van der Waals surface area contributed by atoms with Crippen molar-refractivity contribution in [2.75, 3.05) is 43.6 Å². The van der Waals surface area contributed by atoms with Gasteiger partial charge in [-0.3, -0.25) is 0 Å². The molecule has 14 heavy (non-hydrogen) atoms. The largest absolute Gasteiger partial charge is 0.377 e. The quantitative estimate of drug-likeness (QED) is 0.693. The lowest BCUT2D eigenvalue weighted by Gasteiger charge is -2.31. The smallest absolute Gasteiger partial charge is 0.0599 e. The predicted octanol–water partition coefficient (Wildman–Crippen LogP) is 2.23. The first-order chi connectivity index (χ1) is 6.86. The summed E-state index contributed by atoms with van der Waals surface area (Å²) in [4.78, 5) is 2.55. The van der Waals surface area contributed by atoms with Gasteiger partial charge in [0.2, 0.25) is 0 Å². The molecule has 1 aliphatic rings. The van der Waals surface area contributed by atoms with Crippen molar-refractivity contribution in [1.29, 1.82) is 0 Å². The molecule has 0 aromatic heterocycles. The maximum absolute atomic E-state index is 5.71. The number of hydrogen-bond donors (Lipinski definition) is 0. The van der Waals surface area contributed by atoms with E-state index in [1.807, 2.05) is 11.8 Å². The van der Waals surface area contributed by atoms with E-state index in [1.54, 1.807) is 0 Å². The number of rotatable bonds is 6. The van der Waals surface area contributed by atoms with E-state index >= 15 is 0 Å². The average Bonchev–Trinajstić information content (AvgIpc) is 2.25. The van der Waals surface area contributed by atoms with Crippen molar-refractivity contribution in [3.8, 4) is 0 Å². The van der Waals surface area contributed by atoms with Gasteiger partial charge in [-0.25, -0.2) is 0 Å². The van der Waals surface area contributed by atoms with Crippen LogP contribution in [-0.4, -0.2) is 54.6 Å². The SMILES string of the molecule is CSCCN1CCC(OCCBr)CC1. The zero-order valence-electron chi connectivity index (χ0n) is 8.88. The van der Waals surface area contributed by atoms with Gasteiger partial charge in [0.15, 0.2) is 0 Å². The number of piperidine rings is 1. The van der Waals surface area contributed by atoms with Gasteiger partial charge >= 0.3 is 0 Å². The minimum atomic E-state index is 0.512. The summed E-state index contributed by atoms with van der Waals surface area (Å²) in [6.45, 7) is 4.53. The van der Waals surface area contributed by atoms with Crippen molar-refractivity contribution in [3.63, 3.8) is 0 Å². The fraction of sp³-hybridized carbons (Fsp3) is 1.00. The molecule has 1 fully saturated rings. The van der Waals surface area contributed by atoms with Crippen LogP contribution in [-0.2, 0) is 4.74 Å². The average molecular weight is 282 g/mol. The third-order valence-electron chi connectivity index (χ3n) is 2.58. The number of alkyl halides is 1. The van der Waals surface area contributed by atoms with Crippen LogP contribution in [0, 0.1) is 0 Å². The fourth-order valence-corrected chi connectivity index (χ4v) is 2.36. The summed E-state index contributed by atoms with van der Waals surface area (Å²) in [7, 11) is 0. The van der Waals surface area contributed by atoms with E-state index in [1.165, 1.54) is 38.2 Å². The summed E-state index contributed by atoms with van der Waals surface area (Å²) in [6, 6.07) is 0. The van der Waals surface area contributed by atoms with Gasteiger partial charge in [-0.05, 0) is 19.1 Å². The Labute approximate surface area is 99.9 Å². The minimum absolute atomic E-state index is 0.512. The van der Waals surface area contributed by atoms with E-state index in [-0.39, 0.29) is 0 Å². The summed E-state index contributed by atoms with van der Waals surface area (Å²) in [5.74, 6) is 1.26. The van der Waals surface area contributed by atoms with E-state index in [2.05, 4.69) is 27.1 Å². The Balaban J connectivity index is 2.05. The topological polar surface area (TPSA) is 12.5 Å². The standard InChI is InChI=1S/C10H20BrNOS/c1-14-9-7-12-5-2-10(3-6-12)13-8-4-11/h10H,2-9H2,1H3. The molecule has 0 aromatic carbocycles. The number of likely N-dealkylation sites (tertiary alicyclic amines) is 1. The van der Waals surface area contributed by atoms with Gasteiger partial charge in [-0.1, -0.05) is 15.9 Å². The Bertz CT molecular complexity index is 124. The monoisotopic (exact) mass is 281 g/mol. The molecule has 0 bridgehead atoms. The highest BCUT2D eigenvalue weighted by Gasteiger charge is 2.18. The molecule has 0 spiro atoms. The molecule has 1 aliphatic heterocycles. The fourth-order valence-electron chi connectivity index (χ4n) is 1.73. The molecule has 0 atom stereocenters. The second kappa shape index (κ2) is 7.97. The zero-order valence-corrected chi connectivity index (χ0v) is 11.3. The van der Waals surface area contributed by atoms with E-state index in [0.29, 0.717) is 6.10 Å². The molecular weight excluding hydrogens is 262 g/mol. The molecule has 1 saturated heterocycles. The normalized spacial score (nSPS) is 20.1. The Kier molecular flexibility index (Phi) is 7.29. The molecule has 0 aliphatic carbocycles. The van der Waals surface area contributed by atoms with Gasteiger partial charge in [0.05, 0.1) is 12.7 Å². The number of ether oxygens (including phenoxy) is 1. The Hall–Kier alpha value is 0.750. The van der Waals surface area contributed by atoms with Crippen molar-refractivity contribution in [2.45, 2.75) is 18.9 Å². The van der Waals surface area contributed by atoms with Gasteiger partial charge < -0.3 is 9.64 Å². The number of hydrogen-bond acceptors (Lipinski definition) is 3. The molecular formula is C10H20BrNOS. The lowest BCUT2D eigenvalue weighted by Crippen LogP contribution is -2.38. The van der Waals surface area contributed by atoms with Gasteiger partial charge in [0.25, 0.3) is 0 Å². The predicted molar refractivity (Wildman–Crippen MR) is 67.6 cm³/mol. The van der Waals surface area contributed by atoms with Gasteiger partial charge in [0, 0.05) is 30.7 Å². The molecule has 84 valence electrons. The van der Waals surface area contributed by atoms with E-state index < -0.39 is 0 Å². The second-order valence-electron chi connectivity index (χ2n) is 3.59. The molecule has 1 heterocycles. The van der Waals surface area contributed by atoms with Crippen LogP contribution in [0.15, 0.2) is 0 Å². The first-order valence-electron chi connectivity index (χ1n) is 5.25. The molecule has 2 nitrogen and oxygen atoms in total. The lowest BCUT2D eigenvalue weighted by molar-refractivity contribution is 0.0173. The van der Waals surface area contributed by atoms with Crippen molar-refractivity contribution in [2.24, 2.45) is 0 Å². The first kappa shape index (κ1) is 12.8. The van der Waals surface area contributed by atoms with Crippen LogP contribution in [0.4, 0.5) is 0 Å². The molecule has 0 N–H and O–H groups in total. The summed E-state index contributed by atoms with van der Waals surface area (Å²) < 4.78 is 5.71. The van der Waals surface area contributed by atoms with E-state index in [4.69, 9.17) is 4.74 Å². The van der Waals surface area contributed by atoms with Crippen LogP contribution < -0.4 is 0 Å². The highest BCUT2D eigenvalue weighted by Crippen LogP contribution is 2.13. The van der Waals surface area contributed by atoms with Crippen molar-refractivity contribution >= 4 is 27.7 Å². The van der Waals surface area contributed by atoms with Crippen molar-refractivity contribution in [1.82, 2.24) is 4.90 Å². The third kappa shape index (κ3) is 5.01. The highest BCUT2D eigenvalue weighted by molar-refractivity contribution is 9.09. The van der Waals surface area contributed by atoms with Crippen LogP contribution in [0.1, 0.15) is 12.8 Å². The number of nitrogens with zero attached hydrogens (tertiary/aromatic N) is 1. The van der Waals surface area contributed by atoms with Crippen molar-refractivity contribution < 1.29 is 4.74 Å². The minimum Gasteiger partial charge on any atom is -0.377 e. The van der Waals surface area contributed by atoms with Crippen LogP contribution in [0.2, 0.25) is 0 Å².